The fourth-order valence-electron chi connectivity index (χ4n) is 2.08. The molecule has 0 fully saturated rings. The van der Waals surface area contributed by atoms with E-state index in [1.54, 1.807) is 22.9 Å². The van der Waals surface area contributed by atoms with Crippen LogP contribution in [0.5, 0.6) is 5.75 Å². The molecule has 3 aromatic rings. The maximum absolute atomic E-state index is 13.7. The maximum Gasteiger partial charge on any atom is 0.335 e. The summed E-state index contributed by atoms with van der Waals surface area (Å²) in [7, 11) is 1.40. The molecule has 6 heteroatoms. The van der Waals surface area contributed by atoms with Gasteiger partial charge >= 0.3 is 5.97 Å². The van der Waals surface area contributed by atoms with Crippen LogP contribution in [0.3, 0.4) is 0 Å². The topological polar surface area (TPSA) is 63.8 Å². The van der Waals surface area contributed by atoms with Crippen LogP contribution in [0, 0.1) is 5.82 Å². The Labute approximate surface area is 119 Å². The summed E-state index contributed by atoms with van der Waals surface area (Å²) in [6, 6.07) is 7.50. The van der Waals surface area contributed by atoms with Gasteiger partial charge in [-0.25, -0.2) is 14.2 Å². The van der Waals surface area contributed by atoms with Gasteiger partial charge in [-0.15, -0.1) is 0 Å². The summed E-state index contributed by atoms with van der Waals surface area (Å²) in [5.41, 5.74) is 1.79. The Balaban J connectivity index is 2.08. The van der Waals surface area contributed by atoms with Crippen LogP contribution < -0.4 is 4.74 Å². The first-order valence-electron chi connectivity index (χ1n) is 6.14. The van der Waals surface area contributed by atoms with Gasteiger partial charge in [-0.2, -0.15) is 0 Å². The van der Waals surface area contributed by atoms with Crippen molar-refractivity contribution in [2.45, 2.75) is 0 Å². The highest BCUT2D eigenvalue weighted by Crippen LogP contribution is 2.25. The van der Waals surface area contributed by atoms with E-state index in [0.717, 1.165) is 0 Å². The lowest BCUT2D eigenvalue weighted by molar-refractivity contribution is 0.0697. The Morgan fingerprint density at radius 3 is 2.81 bits per heavy atom. The van der Waals surface area contributed by atoms with Crippen molar-refractivity contribution < 1.29 is 19.0 Å². The van der Waals surface area contributed by atoms with Crippen LogP contribution in [-0.4, -0.2) is 27.6 Å². The molecule has 0 saturated heterocycles. The highest BCUT2D eigenvalue weighted by atomic mass is 19.1. The summed E-state index contributed by atoms with van der Waals surface area (Å²) in [5.74, 6) is -1.33. The van der Waals surface area contributed by atoms with E-state index in [0.29, 0.717) is 16.9 Å². The molecule has 0 spiro atoms. The molecular weight excluding hydrogens is 275 g/mol. The number of carboxylic acids is 1. The van der Waals surface area contributed by atoms with E-state index in [4.69, 9.17) is 9.84 Å². The zero-order valence-corrected chi connectivity index (χ0v) is 11.1. The molecule has 0 aliphatic carbocycles. The van der Waals surface area contributed by atoms with Gasteiger partial charge in [0.05, 0.1) is 18.4 Å². The van der Waals surface area contributed by atoms with Crippen LogP contribution in [0.25, 0.3) is 16.9 Å². The fourth-order valence-corrected chi connectivity index (χ4v) is 2.08. The molecule has 106 valence electrons. The molecule has 1 aromatic carbocycles. The lowest BCUT2D eigenvalue weighted by Crippen LogP contribution is -1.96. The van der Waals surface area contributed by atoms with Crippen LogP contribution in [0.15, 0.2) is 42.7 Å². The van der Waals surface area contributed by atoms with Gasteiger partial charge in [0.2, 0.25) is 0 Å². The second-order valence-electron chi connectivity index (χ2n) is 4.46. The van der Waals surface area contributed by atoms with E-state index in [9.17, 15) is 9.18 Å². The van der Waals surface area contributed by atoms with E-state index in [2.05, 4.69) is 4.98 Å². The number of carboxylic acid groups (broad SMARTS) is 1. The van der Waals surface area contributed by atoms with Crippen molar-refractivity contribution in [3.63, 3.8) is 0 Å². The Morgan fingerprint density at radius 1 is 1.33 bits per heavy atom. The lowest BCUT2D eigenvalue weighted by Gasteiger charge is -2.02. The largest absolute Gasteiger partial charge is 0.494 e. The molecule has 2 aromatic heterocycles. The monoisotopic (exact) mass is 286 g/mol. The number of nitrogens with zero attached hydrogens (tertiary/aromatic N) is 2. The third-order valence-electron chi connectivity index (χ3n) is 3.15. The Bertz CT molecular complexity index is 842. The molecular formula is C15H11FN2O3. The number of aromatic carboxylic acids is 1. The first-order valence-corrected chi connectivity index (χ1v) is 6.14. The third-order valence-corrected chi connectivity index (χ3v) is 3.15. The average Bonchev–Trinajstić information content (AvgIpc) is 2.89. The van der Waals surface area contributed by atoms with Gasteiger partial charge in [0.15, 0.2) is 11.6 Å². The lowest BCUT2D eigenvalue weighted by atomic mass is 10.1. The molecule has 0 saturated carbocycles. The van der Waals surface area contributed by atoms with Gasteiger partial charge in [-0.1, -0.05) is 0 Å². The molecule has 3 rings (SSSR count). The number of methoxy groups -OCH3 is 1. The molecule has 0 aliphatic heterocycles. The van der Waals surface area contributed by atoms with E-state index < -0.39 is 11.8 Å². The van der Waals surface area contributed by atoms with Crippen LogP contribution in [0.2, 0.25) is 0 Å². The van der Waals surface area contributed by atoms with Crippen LogP contribution in [0.1, 0.15) is 10.4 Å². The number of hydrogen-bond acceptors (Lipinski definition) is 3. The number of imidazole rings is 1. The number of rotatable bonds is 3. The van der Waals surface area contributed by atoms with Crippen molar-refractivity contribution in [2.75, 3.05) is 7.11 Å². The van der Waals surface area contributed by atoms with Crippen molar-refractivity contribution in [1.82, 2.24) is 9.38 Å². The summed E-state index contributed by atoms with van der Waals surface area (Å²) in [6.07, 6.45) is 3.32. The molecule has 0 unspecified atom stereocenters. The Hall–Kier alpha value is -2.89. The zero-order valence-electron chi connectivity index (χ0n) is 11.1. The molecule has 0 bridgehead atoms. The summed E-state index contributed by atoms with van der Waals surface area (Å²) in [5, 5.41) is 8.96. The fraction of sp³-hybridized carbons (Fsp3) is 0.0667. The van der Waals surface area contributed by atoms with Gasteiger partial charge in [-0.3, -0.25) is 0 Å². The zero-order chi connectivity index (χ0) is 15.0. The summed E-state index contributed by atoms with van der Waals surface area (Å²) < 4.78 is 20.3. The quantitative estimate of drug-likeness (QED) is 0.804. The predicted molar refractivity (Wildman–Crippen MR) is 74.1 cm³/mol. The number of ether oxygens (including phenoxy) is 1. The molecule has 0 radical (unpaired) electrons. The molecule has 0 atom stereocenters. The van der Waals surface area contributed by atoms with Crippen LogP contribution in [0.4, 0.5) is 4.39 Å². The molecule has 21 heavy (non-hydrogen) atoms. The van der Waals surface area contributed by atoms with Crippen molar-refractivity contribution in [1.29, 1.82) is 0 Å². The minimum absolute atomic E-state index is 0.153. The first-order chi connectivity index (χ1) is 10.1. The number of pyridine rings is 1. The summed E-state index contributed by atoms with van der Waals surface area (Å²) >= 11 is 0. The van der Waals surface area contributed by atoms with Gasteiger partial charge in [0.25, 0.3) is 0 Å². The smallest absolute Gasteiger partial charge is 0.335 e. The Kier molecular flexibility index (Phi) is 3.06. The SMILES string of the molecule is COc1ccc(-c2cn3ccc(C(=O)O)cc3n2)cc1F. The molecule has 1 N–H and O–H groups in total. The number of fused-ring (bicyclic) bond motifs is 1. The first kappa shape index (κ1) is 13.1. The highest BCUT2D eigenvalue weighted by molar-refractivity contribution is 5.88. The van der Waals surface area contributed by atoms with E-state index in [1.807, 2.05) is 0 Å². The second kappa shape index (κ2) is 4.90. The number of benzene rings is 1. The minimum Gasteiger partial charge on any atom is -0.494 e. The van der Waals surface area contributed by atoms with E-state index in [1.165, 1.54) is 31.4 Å². The second-order valence-corrected chi connectivity index (χ2v) is 4.46. The summed E-state index contributed by atoms with van der Waals surface area (Å²) in [4.78, 5) is 15.3. The number of aromatic nitrogens is 2. The van der Waals surface area contributed by atoms with Gasteiger partial charge < -0.3 is 14.2 Å². The standard InChI is InChI=1S/C15H11FN2O3/c1-21-13-3-2-9(6-11(13)16)12-8-18-5-4-10(15(19)20)7-14(18)17-12/h2-8H,1H3,(H,19,20). The van der Waals surface area contributed by atoms with Crippen molar-refractivity contribution in [3.05, 3.63) is 54.1 Å². The molecule has 0 aliphatic rings. The third kappa shape index (κ3) is 2.31. The van der Waals surface area contributed by atoms with Crippen molar-refractivity contribution in [2.24, 2.45) is 0 Å². The molecule has 0 amide bonds. The van der Waals surface area contributed by atoms with Crippen LogP contribution in [-0.2, 0) is 0 Å². The Morgan fingerprint density at radius 2 is 2.14 bits per heavy atom. The molecule has 5 nitrogen and oxygen atoms in total. The van der Waals surface area contributed by atoms with E-state index in [-0.39, 0.29) is 11.3 Å². The number of halogens is 1. The normalized spacial score (nSPS) is 10.8. The highest BCUT2D eigenvalue weighted by Gasteiger charge is 2.10. The summed E-state index contributed by atoms with van der Waals surface area (Å²) in [6.45, 7) is 0. The van der Waals surface area contributed by atoms with Crippen molar-refractivity contribution >= 4 is 11.6 Å². The maximum atomic E-state index is 13.7. The predicted octanol–water partition coefficient (Wildman–Crippen LogP) is 2.85. The number of hydrogen-bond donors (Lipinski definition) is 1. The average molecular weight is 286 g/mol. The number of carbonyl (C=O) groups is 1. The molecule has 2 heterocycles. The van der Waals surface area contributed by atoms with Crippen molar-refractivity contribution in [3.8, 4) is 17.0 Å². The van der Waals surface area contributed by atoms with Crippen LogP contribution >= 0.6 is 0 Å². The van der Waals surface area contributed by atoms with Gasteiger partial charge in [-0.05, 0) is 30.3 Å². The van der Waals surface area contributed by atoms with E-state index >= 15 is 0 Å². The van der Waals surface area contributed by atoms with Gasteiger partial charge in [0, 0.05) is 18.0 Å². The minimum atomic E-state index is -1.02. The van der Waals surface area contributed by atoms with Gasteiger partial charge in [0.1, 0.15) is 5.65 Å².